The number of imidazole rings is 1. The van der Waals surface area contributed by atoms with Crippen molar-refractivity contribution in [2.45, 2.75) is 27.7 Å². The molecule has 114 valence electrons. The molecule has 0 spiro atoms. The summed E-state index contributed by atoms with van der Waals surface area (Å²) in [5, 5.41) is 0. The maximum absolute atomic E-state index is 6.31. The Labute approximate surface area is 130 Å². The molecule has 0 bridgehead atoms. The lowest BCUT2D eigenvalue weighted by atomic mass is 10.0. The summed E-state index contributed by atoms with van der Waals surface area (Å²) >= 11 is 0. The highest BCUT2D eigenvalue weighted by Gasteiger charge is 2.15. The first kappa shape index (κ1) is 14.4. The van der Waals surface area contributed by atoms with Gasteiger partial charge in [-0.05, 0) is 68.7 Å². The second-order valence-electron chi connectivity index (χ2n) is 5.64. The molecule has 4 nitrogen and oxygen atoms in total. The Balaban J connectivity index is 2.19. The zero-order valence-corrected chi connectivity index (χ0v) is 13.5. The van der Waals surface area contributed by atoms with Crippen LogP contribution in [0.15, 0.2) is 30.5 Å². The summed E-state index contributed by atoms with van der Waals surface area (Å²) in [6.07, 6.45) is 1.97. The van der Waals surface area contributed by atoms with Crippen molar-refractivity contribution in [2.24, 2.45) is 0 Å². The Kier molecular flexibility index (Phi) is 3.53. The lowest BCUT2D eigenvalue weighted by Crippen LogP contribution is -1.98. The number of aryl methyl sites for hydroxylation is 3. The molecule has 1 aromatic carbocycles. The van der Waals surface area contributed by atoms with E-state index in [9.17, 15) is 0 Å². The highest BCUT2D eigenvalue weighted by Crippen LogP contribution is 2.33. The second kappa shape index (κ2) is 5.37. The average molecular weight is 295 g/mol. The van der Waals surface area contributed by atoms with Crippen molar-refractivity contribution in [3.05, 3.63) is 47.2 Å². The topological polar surface area (TPSA) is 52.5 Å². The van der Waals surface area contributed by atoms with Crippen molar-refractivity contribution in [1.29, 1.82) is 0 Å². The maximum atomic E-state index is 6.31. The summed E-state index contributed by atoms with van der Waals surface area (Å²) in [5.74, 6) is 1.59. The van der Waals surface area contributed by atoms with E-state index < -0.39 is 0 Å². The molecule has 4 heteroatoms. The minimum atomic E-state index is 0.662. The smallest absolute Gasteiger partial charge is 0.139 e. The molecule has 0 aliphatic carbocycles. The minimum Gasteiger partial charge on any atom is -0.494 e. The molecule has 2 heterocycles. The number of nitrogens with two attached hydrogens (primary N) is 1. The number of anilines is 1. The molecule has 3 rings (SSSR count). The summed E-state index contributed by atoms with van der Waals surface area (Å²) in [6.45, 7) is 8.81. The molecule has 22 heavy (non-hydrogen) atoms. The van der Waals surface area contributed by atoms with E-state index in [0.717, 1.165) is 33.8 Å². The number of hydrogen-bond donors (Lipinski definition) is 1. The van der Waals surface area contributed by atoms with Crippen molar-refractivity contribution < 1.29 is 4.74 Å². The standard InChI is InChI=1S/C18H21N3O/c1-5-22-15-10-12(3)14(9-13(15)4)17-18(19)21-7-6-11(2)8-16(21)20-17/h6-10H,5,19H2,1-4H3. The number of fused-ring (bicyclic) bond motifs is 1. The Hall–Kier alpha value is -2.49. The first-order chi connectivity index (χ1) is 10.5. The number of pyridine rings is 1. The van der Waals surface area contributed by atoms with Gasteiger partial charge in [0.25, 0.3) is 0 Å². The van der Waals surface area contributed by atoms with E-state index in [0.29, 0.717) is 12.4 Å². The van der Waals surface area contributed by atoms with Crippen LogP contribution in [0.25, 0.3) is 16.9 Å². The zero-order chi connectivity index (χ0) is 15.9. The summed E-state index contributed by atoms with van der Waals surface area (Å²) in [7, 11) is 0. The predicted octanol–water partition coefficient (Wildman–Crippen LogP) is 3.91. The Morgan fingerprint density at radius 2 is 1.91 bits per heavy atom. The SMILES string of the molecule is CCOc1cc(C)c(-c2nc3cc(C)ccn3c2N)cc1C. The molecular formula is C18H21N3O. The lowest BCUT2D eigenvalue weighted by molar-refractivity contribution is 0.337. The highest BCUT2D eigenvalue weighted by atomic mass is 16.5. The van der Waals surface area contributed by atoms with Gasteiger partial charge in [-0.15, -0.1) is 0 Å². The number of nitrogens with zero attached hydrogens (tertiary/aromatic N) is 2. The first-order valence-electron chi connectivity index (χ1n) is 7.50. The Bertz CT molecular complexity index is 849. The van der Waals surface area contributed by atoms with Gasteiger partial charge in [-0.2, -0.15) is 0 Å². The normalized spacial score (nSPS) is 11.1. The third-order valence-corrected chi connectivity index (χ3v) is 3.90. The number of ether oxygens (including phenoxy) is 1. The fraction of sp³-hybridized carbons (Fsp3) is 0.278. The zero-order valence-electron chi connectivity index (χ0n) is 13.5. The van der Waals surface area contributed by atoms with E-state index in [1.807, 2.05) is 36.6 Å². The highest BCUT2D eigenvalue weighted by molar-refractivity contribution is 5.78. The van der Waals surface area contributed by atoms with Crippen LogP contribution in [0.2, 0.25) is 0 Å². The largest absolute Gasteiger partial charge is 0.494 e. The number of hydrogen-bond acceptors (Lipinski definition) is 3. The van der Waals surface area contributed by atoms with Crippen LogP contribution >= 0.6 is 0 Å². The molecule has 0 fully saturated rings. The van der Waals surface area contributed by atoms with E-state index in [-0.39, 0.29) is 0 Å². The van der Waals surface area contributed by atoms with Gasteiger partial charge in [-0.25, -0.2) is 4.98 Å². The van der Waals surface area contributed by atoms with Crippen LogP contribution in [0, 0.1) is 20.8 Å². The monoisotopic (exact) mass is 295 g/mol. The Morgan fingerprint density at radius 3 is 2.64 bits per heavy atom. The second-order valence-corrected chi connectivity index (χ2v) is 5.64. The molecule has 0 amide bonds. The van der Waals surface area contributed by atoms with Crippen LogP contribution in [0.4, 0.5) is 5.82 Å². The van der Waals surface area contributed by atoms with Crippen molar-refractivity contribution in [3.8, 4) is 17.0 Å². The number of rotatable bonds is 3. The van der Waals surface area contributed by atoms with Gasteiger partial charge in [0.05, 0.1) is 6.61 Å². The molecule has 0 saturated carbocycles. The molecule has 0 saturated heterocycles. The maximum Gasteiger partial charge on any atom is 0.139 e. The van der Waals surface area contributed by atoms with E-state index in [4.69, 9.17) is 15.5 Å². The molecule has 0 unspecified atom stereocenters. The van der Waals surface area contributed by atoms with Gasteiger partial charge in [0, 0.05) is 11.8 Å². The molecule has 2 aromatic heterocycles. The quantitative estimate of drug-likeness (QED) is 0.797. The van der Waals surface area contributed by atoms with Crippen LogP contribution in [-0.2, 0) is 0 Å². The van der Waals surface area contributed by atoms with Crippen molar-refractivity contribution >= 4 is 11.5 Å². The van der Waals surface area contributed by atoms with Crippen molar-refractivity contribution in [3.63, 3.8) is 0 Å². The minimum absolute atomic E-state index is 0.662. The van der Waals surface area contributed by atoms with Crippen LogP contribution in [0.5, 0.6) is 5.75 Å². The molecule has 2 N–H and O–H groups in total. The molecular weight excluding hydrogens is 274 g/mol. The van der Waals surface area contributed by atoms with E-state index in [1.54, 1.807) is 0 Å². The van der Waals surface area contributed by atoms with Crippen LogP contribution < -0.4 is 10.5 Å². The molecule has 3 aromatic rings. The van der Waals surface area contributed by atoms with Crippen molar-refractivity contribution in [1.82, 2.24) is 9.38 Å². The van der Waals surface area contributed by atoms with E-state index in [1.165, 1.54) is 5.56 Å². The van der Waals surface area contributed by atoms with Gasteiger partial charge in [-0.3, -0.25) is 4.40 Å². The molecule has 0 radical (unpaired) electrons. The molecule has 0 atom stereocenters. The van der Waals surface area contributed by atoms with Crippen molar-refractivity contribution in [2.75, 3.05) is 12.3 Å². The first-order valence-corrected chi connectivity index (χ1v) is 7.50. The van der Waals surface area contributed by atoms with Crippen LogP contribution in [0.3, 0.4) is 0 Å². The Morgan fingerprint density at radius 1 is 1.14 bits per heavy atom. The van der Waals surface area contributed by atoms with Crippen LogP contribution in [0.1, 0.15) is 23.6 Å². The lowest BCUT2D eigenvalue weighted by Gasteiger charge is -2.11. The van der Waals surface area contributed by atoms with E-state index >= 15 is 0 Å². The summed E-state index contributed by atoms with van der Waals surface area (Å²) < 4.78 is 7.58. The average Bonchev–Trinajstić information content (AvgIpc) is 2.79. The van der Waals surface area contributed by atoms with Gasteiger partial charge < -0.3 is 10.5 Å². The number of nitrogen functional groups attached to an aromatic ring is 1. The fourth-order valence-electron chi connectivity index (χ4n) is 2.72. The fourth-order valence-corrected chi connectivity index (χ4v) is 2.72. The van der Waals surface area contributed by atoms with Gasteiger partial charge >= 0.3 is 0 Å². The van der Waals surface area contributed by atoms with Gasteiger partial charge in [0.2, 0.25) is 0 Å². The third kappa shape index (κ3) is 2.30. The number of aromatic nitrogens is 2. The summed E-state index contributed by atoms with van der Waals surface area (Å²) in [4.78, 5) is 4.72. The van der Waals surface area contributed by atoms with E-state index in [2.05, 4.69) is 26.0 Å². The predicted molar refractivity (Wildman–Crippen MR) is 90.4 cm³/mol. The van der Waals surface area contributed by atoms with Gasteiger partial charge in [0.15, 0.2) is 0 Å². The molecule has 0 aliphatic heterocycles. The summed E-state index contributed by atoms with van der Waals surface area (Å²) in [5.41, 5.74) is 12.4. The van der Waals surface area contributed by atoms with Crippen LogP contribution in [-0.4, -0.2) is 16.0 Å². The molecule has 0 aliphatic rings. The third-order valence-electron chi connectivity index (χ3n) is 3.90. The van der Waals surface area contributed by atoms with Gasteiger partial charge in [0.1, 0.15) is 22.9 Å². The van der Waals surface area contributed by atoms with Gasteiger partial charge in [-0.1, -0.05) is 0 Å². The number of benzene rings is 1. The summed E-state index contributed by atoms with van der Waals surface area (Å²) in [6, 6.07) is 8.23.